The topological polar surface area (TPSA) is 88.3 Å². The number of ether oxygens (including phenoxy) is 1. The fourth-order valence-electron chi connectivity index (χ4n) is 2.36. The number of aromatic nitrogens is 1. The summed E-state index contributed by atoms with van der Waals surface area (Å²) in [6.07, 6.45) is -1.01. The van der Waals surface area contributed by atoms with E-state index in [9.17, 15) is 14.4 Å². The number of aromatic amines is 1. The summed E-state index contributed by atoms with van der Waals surface area (Å²) in [5.74, 6) is -1.22. The van der Waals surface area contributed by atoms with Gasteiger partial charge in [0.1, 0.15) is 5.69 Å². The van der Waals surface area contributed by atoms with Gasteiger partial charge in [0.15, 0.2) is 6.10 Å². The van der Waals surface area contributed by atoms with Crippen LogP contribution in [0.15, 0.2) is 65.5 Å². The predicted molar refractivity (Wildman–Crippen MR) is 94.5 cm³/mol. The number of H-pyrrole nitrogens is 1. The standard InChI is InChI=1S/C19H16N2O4/c1-12(17(22)20-14-8-3-2-4-9-14)25-19(24)16-11-13-7-5-6-10-15(13)18(23)21-16/h2-12H,1H3,(H,20,22)(H,21,23). The van der Waals surface area contributed by atoms with Crippen LogP contribution in [0.2, 0.25) is 0 Å². The molecule has 6 heteroatoms. The van der Waals surface area contributed by atoms with Crippen molar-refractivity contribution in [3.8, 4) is 0 Å². The van der Waals surface area contributed by atoms with Gasteiger partial charge < -0.3 is 15.0 Å². The SMILES string of the molecule is CC(OC(=O)c1cc2ccccc2c(=O)[nH]1)C(=O)Nc1ccccc1. The Morgan fingerprint density at radius 2 is 1.72 bits per heavy atom. The minimum atomic E-state index is -1.01. The highest BCUT2D eigenvalue weighted by molar-refractivity contribution is 5.98. The van der Waals surface area contributed by atoms with Gasteiger partial charge in [-0.15, -0.1) is 0 Å². The number of rotatable bonds is 4. The van der Waals surface area contributed by atoms with Crippen molar-refractivity contribution in [3.05, 3.63) is 76.7 Å². The molecule has 3 aromatic rings. The number of esters is 1. The van der Waals surface area contributed by atoms with Gasteiger partial charge in [0.05, 0.1) is 0 Å². The Hall–Kier alpha value is -3.41. The van der Waals surface area contributed by atoms with Crippen LogP contribution in [0.4, 0.5) is 5.69 Å². The number of amides is 1. The first kappa shape index (κ1) is 16.4. The summed E-state index contributed by atoms with van der Waals surface area (Å²) in [6, 6.07) is 17.3. The van der Waals surface area contributed by atoms with Gasteiger partial charge in [-0.25, -0.2) is 4.79 Å². The maximum absolute atomic E-state index is 12.2. The van der Waals surface area contributed by atoms with Crippen molar-refractivity contribution in [3.63, 3.8) is 0 Å². The number of carbonyl (C=O) groups excluding carboxylic acids is 2. The summed E-state index contributed by atoms with van der Waals surface area (Å²) in [5, 5.41) is 3.76. The van der Waals surface area contributed by atoms with Crippen molar-refractivity contribution >= 4 is 28.3 Å². The van der Waals surface area contributed by atoms with E-state index in [0.29, 0.717) is 16.5 Å². The molecule has 0 aliphatic heterocycles. The third-order valence-corrected chi connectivity index (χ3v) is 3.67. The van der Waals surface area contributed by atoms with Crippen LogP contribution in [0.1, 0.15) is 17.4 Å². The molecule has 0 fully saturated rings. The lowest BCUT2D eigenvalue weighted by Gasteiger charge is -2.13. The van der Waals surface area contributed by atoms with Gasteiger partial charge >= 0.3 is 5.97 Å². The Balaban J connectivity index is 1.73. The zero-order chi connectivity index (χ0) is 17.8. The highest BCUT2D eigenvalue weighted by Crippen LogP contribution is 2.12. The second-order valence-electron chi connectivity index (χ2n) is 5.50. The lowest BCUT2D eigenvalue weighted by molar-refractivity contribution is -0.123. The second-order valence-corrected chi connectivity index (χ2v) is 5.50. The highest BCUT2D eigenvalue weighted by atomic mass is 16.5. The van der Waals surface area contributed by atoms with Crippen LogP contribution in [-0.4, -0.2) is 23.0 Å². The zero-order valence-electron chi connectivity index (χ0n) is 13.5. The first-order valence-corrected chi connectivity index (χ1v) is 7.73. The third kappa shape index (κ3) is 3.74. The Morgan fingerprint density at radius 3 is 2.48 bits per heavy atom. The second kappa shape index (κ2) is 7.00. The van der Waals surface area contributed by atoms with Crippen LogP contribution in [-0.2, 0) is 9.53 Å². The Labute approximate surface area is 143 Å². The van der Waals surface area contributed by atoms with Crippen LogP contribution < -0.4 is 10.9 Å². The van der Waals surface area contributed by atoms with E-state index in [1.54, 1.807) is 48.5 Å². The molecule has 0 radical (unpaired) electrons. The fraction of sp³-hybridized carbons (Fsp3) is 0.105. The Bertz CT molecular complexity index is 979. The van der Waals surface area contributed by atoms with Crippen molar-refractivity contribution < 1.29 is 14.3 Å². The number of pyridine rings is 1. The molecule has 0 aliphatic rings. The van der Waals surface area contributed by atoms with E-state index in [4.69, 9.17) is 4.74 Å². The van der Waals surface area contributed by atoms with Crippen LogP contribution in [0.5, 0.6) is 0 Å². The summed E-state index contributed by atoms with van der Waals surface area (Å²) in [4.78, 5) is 38.8. The summed E-state index contributed by atoms with van der Waals surface area (Å²) in [7, 11) is 0. The first-order chi connectivity index (χ1) is 12.0. The summed E-state index contributed by atoms with van der Waals surface area (Å²) < 4.78 is 5.15. The molecule has 1 unspecified atom stereocenters. The van der Waals surface area contributed by atoms with E-state index in [1.165, 1.54) is 13.0 Å². The molecule has 0 spiro atoms. The number of hydrogen-bond acceptors (Lipinski definition) is 4. The summed E-state index contributed by atoms with van der Waals surface area (Å²) in [6.45, 7) is 1.47. The monoisotopic (exact) mass is 336 g/mol. The number of nitrogens with one attached hydrogen (secondary N) is 2. The third-order valence-electron chi connectivity index (χ3n) is 3.67. The van der Waals surface area contributed by atoms with Gasteiger partial charge in [-0.1, -0.05) is 36.4 Å². The number of benzene rings is 2. The van der Waals surface area contributed by atoms with Gasteiger partial charge in [0, 0.05) is 11.1 Å². The van der Waals surface area contributed by atoms with Crippen LogP contribution in [0.3, 0.4) is 0 Å². The lowest BCUT2D eigenvalue weighted by Crippen LogP contribution is -2.30. The van der Waals surface area contributed by atoms with Crippen molar-refractivity contribution in [2.45, 2.75) is 13.0 Å². The van der Waals surface area contributed by atoms with Crippen LogP contribution in [0.25, 0.3) is 10.8 Å². The molecular formula is C19H16N2O4. The fourth-order valence-corrected chi connectivity index (χ4v) is 2.36. The molecule has 2 aromatic carbocycles. The molecule has 0 aliphatic carbocycles. The molecule has 6 nitrogen and oxygen atoms in total. The Morgan fingerprint density at radius 1 is 1.04 bits per heavy atom. The number of anilines is 1. The van der Waals surface area contributed by atoms with Crippen LogP contribution in [0, 0.1) is 0 Å². The molecule has 1 aromatic heterocycles. The average molecular weight is 336 g/mol. The minimum Gasteiger partial charge on any atom is -0.448 e. The molecule has 0 bridgehead atoms. The Kier molecular flexibility index (Phi) is 4.61. The summed E-state index contributed by atoms with van der Waals surface area (Å²) >= 11 is 0. The molecule has 0 saturated carbocycles. The molecule has 25 heavy (non-hydrogen) atoms. The highest BCUT2D eigenvalue weighted by Gasteiger charge is 2.20. The minimum absolute atomic E-state index is 0.00283. The van der Waals surface area contributed by atoms with Crippen molar-refractivity contribution in [1.82, 2.24) is 4.98 Å². The van der Waals surface area contributed by atoms with E-state index in [1.807, 2.05) is 6.07 Å². The molecule has 3 rings (SSSR count). The van der Waals surface area contributed by atoms with Gasteiger partial charge in [-0.05, 0) is 36.6 Å². The molecular weight excluding hydrogens is 320 g/mol. The van der Waals surface area contributed by atoms with Crippen LogP contribution >= 0.6 is 0 Å². The lowest BCUT2D eigenvalue weighted by atomic mass is 10.1. The average Bonchev–Trinajstić information content (AvgIpc) is 2.62. The van der Waals surface area contributed by atoms with E-state index in [2.05, 4.69) is 10.3 Å². The van der Waals surface area contributed by atoms with Gasteiger partial charge in [-0.2, -0.15) is 0 Å². The van der Waals surface area contributed by atoms with E-state index in [0.717, 1.165) is 0 Å². The van der Waals surface area contributed by atoms with Gasteiger partial charge in [0.25, 0.3) is 11.5 Å². The van der Waals surface area contributed by atoms with Crippen molar-refractivity contribution in [1.29, 1.82) is 0 Å². The molecule has 0 saturated heterocycles. The maximum atomic E-state index is 12.2. The molecule has 2 N–H and O–H groups in total. The molecule has 1 heterocycles. The zero-order valence-corrected chi connectivity index (χ0v) is 13.5. The van der Waals surface area contributed by atoms with E-state index < -0.39 is 18.0 Å². The number of para-hydroxylation sites is 1. The molecule has 1 amide bonds. The normalized spacial score (nSPS) is 11.7. The van der Waals surface area contributed by atoms with E-state index in [-0.39, 0.29) is 11.3 Å². The van der Waals surface area contributed by atoms with Crippen molar-refractivity contribution in [2.24, 2.45) is 0 Å². The number of carbonyl (C=O) groups is 2. The van der Waals surface area contributed by atoms with Gasteiger partial charge in [-0.3, -0.25) is 9.59 Å². The molecule has 1 atom stereocenters. The maximum Gasteiger partial charge on any atom is 0.355 e. The van der Waals surface area contributed by atoms with Gasteiger partial charge in [0.2, 0.25) is 0 Å². The largest absolute Gasteiger partial charge is 0.448 e. The number of fused-ring (bicyclic) bond motifs is 1. The summed E-state index contributed by atoms with van der Waals surface area (Å²) in [5.41, 5.74) is 0.226. The molecule has 126 valence electrons. The smallest absolute Gasteiger partial charge is 0.355 e. The first-order valence-electron chi connectivity index (χ1n) is 7.73. The van der Waals surface area contributed by atoms with Crippen molar-refractivity contribution in [2.75, 3.05) is 5.32 Å². The van der Waals surface area contributed by atoms with E-state index >= 15 is 0 Å². The number of hydrogen-bond donors (Lipinski definition) is 2. The quantitative estimate of drug-likeness (QED) is 0.717. The predicted octanol–water partition coefficient (Wildman–Crippen LogP) is 2.71.